The van der Waals surface area contributed by atoms with Crippen LogP contribution in [-0.2, 0) is 22.5 Å². The molecule has 0 saturated carbocycles. The fourth-order valence-corrected chi connectivity index (χ4v) is 5.21. The van der Waals surface area contributed by atoms with Crippen molar-refractivity contribution in [2.75, 3.05) is 19.8 Å². The lowest BCUT2D eigenvalue weighted by molar-refractivity contribution is -0.130. The van der Waals surface area contributed by atoms with Crippen molar-refractivity contribution in [3.8, 4) is 5.75 Å². The van der Waals surface area contributed by atoms with Crippen LogP contribution in [0.25, 0.3) is 10.4 Å². The van der Waals surface area contributed by atoms with Crippen LogP contribution in [0.3, 0.4) is 0 Å². The number of aliphatic hydroxyl groups is 1. The molecule has 10 nitrogen and oxygen atoms in total. The van der Waals surface area contributed by atoms with Gasteiger partial charge in [-0.1, -0.05) is 72.5 Å². The van der Waals surface area contributed by atoms with Gasteiger partial charge in [0, 0.05) is 52.1 Å². The SMILES string of the molecule is CC(C)CNNC(=O)[C@@]1(Cc2ccccc2CN=[N+]=[N-])N=C(c2ccc(OCCCO)cc2)O[C@H]1c1ccc(Cl)cc1Cl. The highest BCUT2D eigenvalue weighted by Gasteiger charge is 2.54. The summed E-state index contributed by atoms with van der Waals surface area (Å²) in [4.78, 5) is 22.2. The van der Waals surface area contributed by atoms with Gasteiger partial charge in [0.1, 0.15) is 5.75 Å². The number of benzene rings is 3. The van der Waals surface area contributed by atoms with E-state index in [1.165, 1.54) is 0 Å². The molecular weight excluding hydrogens is 591 g/mol. The van der Waals surface area contributed by atoms with Gasteiger partial charge < -0.3 is 14.6 Å². The quantitative estimate of drug-likeness (QED) is 0.0630. The lowest BCUT2D eigenvalue weighted by Gasteiger charge is -2.32. The number of azide groups is 1. The molecule has 1 aliphatic rings. The fraction of sp³-hybridized carbons (Fsp3) is 0.355. The first-order valence-corrected chi connectivity index (χ1v) is 14.7. The molecule has 0 saturated heterocycles. The molecule has 3 aromatic rings. The first-order valence-electron chi connectivity index (χ1n) is 13.9. The van der Waals surface area contributed by atoms with Crippen LogP contribution in [0.5, 0.6) is 5.75 Å². The molecule has 0 aromatic heterocycles. The number of amides is 1. The zero-order chi connectivity index (χ0) is 30.8. The third-order valence-corrected chi connectivity index (χ3v) is 7.43. The van der Waals surface area contributed by atoms with Crippen molar-refractivity contribution in [3.05, 3.63) is 109 Å². The smallest absolute Gasteiger partial charge is 0.266 e. The van der Waals surface area contributed by atoms with Gasteiger partial charge in [-0.15, -0.1) is 0 Å². The number of hydrazine groups is 1. The van der Waals surface area contributed by atoms with E-state index in [0.29, 0.717) is 46.5 Å². The van der Waals surface area contributed by atoms with Gasteiger partial charge in [0.2, 0.25) is 5.90 Å². The third kappa shape index (κ3) is 7.98. The standard InChI is InChI=1S/C31H34Cl2N6O4/c1-20(2)18-35-38-30(41)31(17-22-6-3-4-7-23(22)19-36-39-34)28(26-13-10-24(32)16-27(26)33)43-29(37-31)21-8-11-25(12-9-21)42-15-5-14-40/h3-4,6-13,16,20,28,35,40H,5,14-15,17-19H2,1-2H3,(H,38,41)/t28-,31-/m0/s1. The molecule has 4 rings (SSSR count). The monoisotopic (exact) mass is 624 g/mol. The summed E-state index contributed by atoms with van der Waals surface area (Å²) in [6.45, 7) is 5.13. The normalized spacial score (nSPS) is 17.6. The molecule has 0 aliphatic carbocycles. The van der Waals surface area contributed by atoms with E-state index in [1.807, 2.05) is 38.1 Å². The number of ether oxygens (including phenoxy) is 2. The molecule has 43 heavy (non-hydrogen) atoms. The zero-order valence-electron chi connectivity index (χ0n) is 24.0. The summed E-state index contributed by atoms with van der Waals surface area (Å²) in [6, 6.07) is 19.6. The molecule has 0 fully saturated rings. The lowest BCUT2D eigenvalue weighted by Crippen LogP contribution is -2.54. The number of nitrogens with zero attached hydrogens (tertiary/aromatic N) is 4. The Labute approximate surface area is 260 Å². The summed E-state index contributed by atoms with van der Waals surface area (Å²) in [6.07, 6.45) is -0.291. The minimum Gasteiger partial charge on any atom is -0.494 e. The topological polar surface area (TPSA) is 141 Å². The Morgan fingerprint density at radius 3 is 2.58 bits per heavy atom. The minimum atomic E-state index is -1.51. The van der Waals surface area contributed by atoms with Crippen LogP contribution in [0.2, 0.25) is 10.0 Å². The van der Waals surface area contributed by atoms with Gasteiger partial charge in [0.15, 0.2) is 11.6 Å². The van der Waals surface area contributed by atoms with Crippen LogP contribution in [0.1, 0.15) is 48.6 Å². The Kier molecular flexibility index (Phi) is 11.3. The second-order valence-corrected chi connectivity index (χ2v) is 11.4. The predicted molar refractivity (Wildman–Crippen MR) is 167 cm³/mol. The second kappa shape index (κ2) is 15.1. The van der Waals surface area contributed by atoms with Crippen molar-refractivity contribution >= 4 is 35.0 Å². The van der Waals surface area contributed by atoms with E-state index in [-0.39, 0.29) is 31.4 Å². The van der Waals surface area contributed by atoms with Gasteiger partial charge in [-0.05, 0) is 59.0 Å². The number of nitrogens with one attached hydrogen (secondary N) is 2. The van der Waals surface area contributed by atoms with E-state index in [2.05, 4.69) is 20.9 Å². The van der Waals surface area contributed by atoms with Crippen molar-refractivity contribution in [1.29, 1.82) is 0 Å². The number of hydrogen-bond acceptors (Lipinski definition) is 7. The Morgan fingerprint density at radius 2 is 1.91 bits per heavy atom. The number of carbonyl (C=O) groups excluding carboxylic acids is 1. The Hall–Kier alpha value is -3.79. The van der Waals surface area contributed by atoms with E-state index in [9.17, 15) is 4.79 Å². The van der Waals surface area contributed by atoms with E-state index in [1.54, 1.807) is 42.5 Å². The molecule has 0 radical (unpaired) electrons. The highest BCUT2D eigenvalue weighted by atomic mass is 35.5. The lowest BCUT2D eigenvalue weighted by atomic mass is 9.81. The van der Waals surface area contributed by atoms with Crippen molar-refractivity contribution in [3.63, 3.8) is 0 Å². The fourth-order valence-electron chi connectivity index (χ4n) is 4.70. The molecule has 1 amide bonds. The molecule has 1 aliphatic heterocycles. The largest absolute Gasteiger partial charge is 0.494 e. The van der Waals surface area contributed by atoms with Crippen molar-refractivity contribution in [1.82, 2.24) is 10.9 Å². The van der Waals surface area contributed by atoms with Crippen LogP contribution in [0.4, 0.5) is 0 Å². The summed E-state index contributed by atoms with van der Waals surface area (Å²) in [5.74, 6) is 0.743. The van der Waals surface area contributed by atoms with Gasteiger partial charge in [0.25, 0.3) is 5.91 Å². The molecule has 1 heterocycles. The summed E-state index contributed by atoms with van der Waals surface area (Å²) in [7, 11) is 0. The predicted octanol–water partition coefficient (Wildman–Crippen LogP) is 6.34. The summed E-state index contributed by atoms with van der Waals surface area (Å²) >= 11 is 12.9. The highest BCUT2D eigenvalue weighted by Crippen LogP contribution is 2.45. The van der Waals surface area contributed by atoms with Crippen molar-refractivity contribution in [2.24, 2.45) is 16.0 Å². The van der Waals surface area contributed by atoms with Gasteiger partial charge in [-0.3, -0.25) is 10.2 Å². The molecule has 3 N–H and O–H groups in total. The maximum Gasteiger partial charge on any atom is 0.266 e. The van der Waals surface area contributed by atoms with Crippen molar-refractivity contribution in [2.45, 2.75) is 44.9 Å². The summed E-state index contributed by atoms with van der Waals surface area (Å²) < 4.78 is 12.2. The van der Waals surface area contributed by atoms with Crippen LogP contribution in [0, 0.1) is 5.92 Å². The molecule has 3 aromatic carbocycles. The molecule has 2 atom stereocenters. The maximum absolute atomic E-state index is 14.3. The first-order chi connectivity index (χ1) is 20.8. The average molecular weight is 626 g/mol. The van der Waals surface area contributed by atoms with Gasteiger partial charge in [-0.2, -0.15) is 0 Å². The first kappa shape index (κ1) is 32.1. The Morgan fingerprint density at radius 1 is 1.16 bits per heavy atom. The van der Waals surface area contributed by atoms with Crippen LogP contribution < -0.4 is 15.6 Å². The Bertz CT molecular complexity index is 1490. The second-order valence-electron chi connectivity index (χ2n) is 10.5. The number of aliphatic hydroxyl groups excluding tert-OH is 1. The van der Waals surface area contributed by atoms with Crippen LogP contribution in [0.15, 0.2) is 76.8 Å². The number of aliphatic imine (C=N–C) groups is 1. The van der Waals surface area contributed by atoms with E-state index in [4.69, 9.17) is 48.3 Å². The van der Waals surface area contributed by atoms with E-state index in [0.717, 1.165) is 11.1 Å². The number of rotatable bonds is 14. The molecule has 0 bridgehead atoms. The number of halogens is 2. The van der Waals surface area contributed by atoms with Crippen LogP contribution in [-0.4, -0.2) is 42.2 Å². The molecule has 0 spiro atoms. The summed E-state index contributed by atoms with van der Waals surface area (Å²) in [5.41, 5.74) is 16.0. The zero-order valence-corrected chi connectivity index (χ0v) is 25.5. The average Bonchev–Trinajstić information content (AvgIpc) is 3.37. The maximum atomic E-state index is 14.3. The van der Waals surface area contributed by atoms with Crippen molar-refractivity contribution < 1.29 is 19.4 Å². The molecule has 226 valence electrons. The molecule has 0 unspecified atom stereocenters. The number of hydrogen-bond donors (Lipinski definition) is 3. The highest BCUT2D eigenvalue weighted by molar-refractivity contribution is 6.35. The van der Waals surface area contributed by atoms with Gasteiger partial charge in [0.05, 0.1) is 13.2 Å². The third-order valence-electron chi connectivity index (χ3n) is 6.87. The summed E-state index contributed by atoms with van der Waals surface area (Å²) in [5, 5.41) is 13.6. The van der Waals surface area contributed by atoms with Crippen LogP contribution >= 0.6 is 23.2 Å². The van der Waals surface area contributed by atoms with E-state index < -0.39 is 17.6 Å². The minimum absolute atomic E-state index is 0.0412. The Balaban J connectivity index is 1.83. The molecule has 12 heteroatoms. The van der Waals surface area contributed by atoms with E-state index >= 15 is 0 Å². The van der Waals surface area contributed by atoms with Gasteiger partial charge in [-0.25, -0.2) is 10.4 Å². The number of carbonyl (C=O) groups is 1. The van der Waals surface area contributed by atoms with Gasteiger partial charge >= 0.3 is 0 Å². The molecular formula is C31H34Cl2N6O4.